The summed E-state index contributed by atoms with van der Waals surface area (Å²) < 4.78 is 31.3. The zero-order valence-corrected chi connectivity index (χ0v) is 11.2. The Bertz CT molecular complexity index is 516. The first-order valence-corrected chi connectivity index (χ1v) is 7.38. The lowest BCUT2D eigenvalue weighted by atomic mass is 10.1. The number of hydrogen-bond acceptors (Lipinski definition) is 4. The Kier molecular flexibility index (Phi) is 3.89. The minimum Gasteiger partial charge on any atom is -0.497 e. The van der Waals surface area contributed by atoms with E-state index in [1.807, 2.05) is 0 Å². The van der Waals surface area contributed by atoms with E-state index in [-0.39, 0.29) is 10.9 Å². The van der Waals surface area contributed by atoms with Crippen LogP contribution in [0.15, 0.2) is 29.2 Å². The topological polar surface area (TPSA) is 72.6 Å². The molecule has 0 bridgehead atoms. The number of piperidine rings is 1. The van der Waals surface area contributed by atoms with Crippen molar-refractivity contribution in [2.24, 2.45) is 5.73 Å². The first kappa shape index (κ1) is 13.3. The van der Waals surface area contributed by atoms with Gasteiger partial charge in [-0.05, 0) is 25.0 Å². The molecule has 0 aliphatic carbocycles. The van der Waals surface area contributed by atoms with Crippen molar-refractivity contribution in [2.75, 3.05) is 20.2 Å². The fourth-order valence-corrected chi connectivity index (χ4v) is 3.67. The van der Waals surface area contributed by atoms with Gasteiger partial charge in [0.15, 0.2) is 0 Å². The van der Waals surface area contributed by atoms with Crippen molar-refractivity contribution >= 4 is 10.0 Å². The number of benzene rings is 1. The standard InChI is InChI=1S/C12H18N2O3S/c1-17-11-5-2-6-12(8-11)18(15,16)14-7-3-4-10(13)9-14/h2,5-6,8,10H,3-4,7,9,13H2,1H3. The first-order valence-electron chi connectivity index (χ1n) is 5.94. The number of nitrogens with zero attached hydrogens (tertiary/aromatic N) is 1. The summed E-state index contributed by atoms with van der Waals surface area (Å²) in [6.07, 6.45) is 1.69. The smallest absolute Gasteiger partial charge is 0.243 e. The Hall–Kier alpha value is -1.11. The van der Waals surface area contributed by atoms with Crippen LogP contribution in [0.2, 0.25) is 0 Å². The first-order chi connectivity index (χ1) is 8.54. The van der Waals surface area contributed by atoms with Gasteiger partial charge in [0.2, 0.25) is 10.0 Å². The maximum Gasteiger partial charge on any atom is 0.243 e. The Balaban J connectivity index is 2.29. The van der Waals surface area contributed by atoms with Crippen LogP contribution >= 0.6 is 0 Å². The van der Waals surface area contributed by atoms with Crippen molar-refractivity contribution in [2.45, 2.75) is 23.8 Å². The molecule has 0 spiro atoms. The van der Waals surface area contributed by atoms with Gasteiger partial charge in [-0.1, -0.05) is 6.07 Å². The van der Waals surface area contributed by atoms with Crippen LogP contribution in [0.4, 0.5) is 0 Å². The Morgan fingerprint density at radius 1 is 1.44 bits per heavy atom. The molecule has 0 radical (unpaired) electrons. The molecule has 1 unspecified atom stereocenters. The van der Waals surface area contributed by atoms with Crippen LogP contribution in [0.5, 0.6) is 5.75 Å². The fourth-order valence-electron chi connectivity index (χ4n) is 2.10. The van der Waals surface area contributed by atoms with E-state index >= 15 is 0 Å². The van der Waals surface area contributed by atoms with Gasteiger partial charge >= 0.3 is 0 Å². The predicted molar refractivity (Wildman–Crippen MR) is 69.0 cm³/mol. The maximum absolute atomic E-state index is 12.4. The van der Waals surface area contributed by atoms with Crippen LogP contribution in [0.3, 0.4) is 0 Å². The summed E-state index contributed by atoms with van der Waals surface area (Å²) in [6.45, 7) is 0.923. The molecule has 100 valence electrons. The minimum absolute atomic E-state index is 0.0702. The second-order valence-corrected chi connectivity index (χ2v) is 6.38. The summed E-state index contributed by atoms with van der Waals surface area (Å²) in [6, 6.07) is 6.45. The molecule has 1 aromatic carbocycles. The van der Waals surface area contributed by atoms with Gasteiger partial charge in [-0.15, -0.1) is 0 Å². The average molecular weight is 270 g/mol. The number of hydrogen-bond donors (Lipinski definition) is 1. The second-order valence-electron chi connectivity index (χ2n) is 4.44. The van der Waals surface area contributed by atoms with Gasteiger partial charge in [-0.25, -0.2) is 8.42 Å². The molecule has 1 aliphatic rings. The number of nitrogens with two attached hydrogens (primary N) is 1. The molecule has 0 saturated carbocycles. The van der Waals surface area contributed by atoms with E-state index in [0.29, 0.717) is 18.8 Å². The lowest BCUT2D eigenvalue weighted by Crippen LogP contribution is -2.45. The highest BCUT2D eigenvalue weighted by atomic mass is 32.2. The van der Waals surface area contributed by atoms with E-state index in [1.165, 1.54) is 17.5 Å². The van der Waals surface area contributed by atoms with Crippen LogP contribution in [0.1, 0.15) is 12.8 Å². The van der Waals surface area contributed by atoms with Gasteiger partial charge in [0.1, 0.15) is 5.75 Å². The van der Waals surface area contributed by atoms with Crippen molar-refractivity contribution in [3.05, 3.63) is 24.3 Å². The van der Waals surface area contributed by atoms with Gasteiger partial charge in [0, 0.05) is 25.2 Å². The van der Waals surface area contributed by atoms with E-state index in [0.717, 1.165) is 12.8 Å². The van der Waals surface area contributed by atoms with Crippen molar-refractivity contribution < 1.29 is 13.2 Å². The van der Waals surface area contributed by atoms with Gasteiger partial charge in [0.25, 0.3) is 0 Å². The van der Waals surface area contributed by atoms with Crippen LogP contribution in [0.25, 0.3) is 0 Å². The zero-order chi connectivity index (χ0) is 13.2. The largest absolute Gasteiger partial charge is 0.497 e. The number of rotatable bonds is 3. The molecule has 1 aromatic rings. The monoisotopic (exact) mass is 270 g/mol. The normalized spacial score (nSPS) is 21.8. The Morgan fingerprint density at radius 3 is 2.89 bits per heavy atom. The number of ether oxygens (including phenoxy) is 1. The fraction of sp³-hybridized carbons (Fsp3) is 0.500. The summed E-state index contributed by atoms with van der Waals surface area (Å²) in [4.78, 5) is 0.260. The number of methoxy groups -OCH3 is 1. The van der Waals surface area contributed by atoms with Crippen LogP contribution in [0, 0.1) is 0 Å². The average Bonchev–Trinajstić information content (AvgIpc) is 2.39. The van der Waals surface area contributed by atoms with E-state index in [4.69, 9.17) is 10.5 Å². The third-order valence-corrected chi connectivity index (χ3v) is 4.96. The lowest BCUT2D eigenvalue weighted by Gasteiger charge is -2.29. The summed E-state index contributed by atoms with van der Waals surface area (Å²) in [5.74, 6) is 0.539. The van der Waals surface area contributed by atoms with Gasteiger partial charge in [-0.3, -0.25) is 0 Å². The molecule has 5 nitrogen and oxygen atoms in total. The summed E-state index contributed by atoms with van der Waals surface area (Å²) in [7, 11) is -1.94. The van der Waals surface area contributed by atoms with Gasteiger partial charge in [0.05, 0.1) is 12.0 Å². The van der Waals surface area contributed by atoms with Crippen LogP contribution in [-0.4, -0.2) is 39.0 Å². The van der Waals surface area contributed by atoms with Crippen LogP contribution < -0.4 is 10.5 Å². The molecule has 1 saturated heterocycles. The molecular formula is C12H18N2O3S. The van der Waals surface area contributed by atoms with E-state index in [9.17, 15) is 8.42 Å². The van der Waals surface area contributed by atoms with Gasteiger partial charge in [-0.2, -0.15) is 4.31 Å². The third-order valence-electron chi connectivity index (χ3n) is 3.10. The highest BCUT2D eigenvalue weighted by Gasteiger charge is 2.28. The molecule has 0 amide bonds. The molecular weight excluding hydrogens is 252 g/mol. The summed E-state index contributed by atoms with van der Waals surface area (Å²) in [5.41, 5.74) is 5.83. The lowest BCUT2D eigenvalue weighted by molar-refractivity contribution is 0.316. The highest BCUT2D eigenvalue weighted by molar-refractivity contribution is 7.89. The molecule has 1 heterocycles. The van der Waals surface area contributed by atoms with E-state index in [2.05, 4.69) is 0 Å². The van der Waals surface area contributed by atoms with E-state index in [1.54, 1.807) is 18.2 Å². The van der Waals surface area contributed by atoms with Crippen molar-refractivity contribution in [3.8, 4) is 5.75 Å². The Morgan fingerprint density at radius 2 is 2.22 bits per heavy atom. The summed E-state index contributed by atoms with van der Waals surface area (Å²) in [5, 5.41) is 0. The van der Waals surface area contributed by atoms with Crippen molar-refractivity contribution in [3.63, 3.8) is 0 Å². The molecule has 1 atom stereocenters. The minimum atomic E-state index is -3.45. The molecule has 18 heavy (non-hydrogen) atoms. The molecule has 1 aliphatic heterocycles. The molecule has 2 rings (SSSR count). The molecule has 1 fully saturated rings. The molecule has 2 N–H and O–H groups in total. The second kappa shape index (κ2) is 5.26. The Labute approximate surface area is 108 Å². The predicted octanol–water partition coefficient (Wildman–Crippen LogP) is 0.807. The zero-order valence-electron chi connectivity index (χ0n) is 10.4. The highest BCUT2D eigenvalue weighted by Crippen LogP contribution is 2.23. The van der Waals surface area contributed by atoms with E-state index < -0.39 is 10.0 Å². The number of sulfonamides is 1. The van der Waals surface area contributed by atoms with Crippen molar-refractivity contribution in [1.82, 2.24) is 4.31 Å². The SMILES string of the molecule is COc1cccc(S(=O)(=O)N2CCCC(N)C2)c1. The van der Waals surface area contributed by atoms with Gasteiger partial charge < -0.3 is 10.5 Å². The quantitative estimate of drug-likeness (QED) is 0.882. The van der Waals surface area contributed by atoms with Crippen molar-refractivity contribution in [1.29, 1.82) is 0 Å². The third kappa shape index (κ3) is 2.66. The molecule has 6 heteroatoms. The van der Waals surface area contributed by atoms with Crippen LogP contribution in [-0.2, 0) is 10.0 Å². The summed E-state index contributed by atoms with van der Waals surface area (Å²) >= 11 is 0. The molecule has 0 aromatic heterocycles. The maximum atomic E-state index is 12.4.